The summed E-state index contributed by atoms with van der Waals surface area (Å²) in [5.41, 5.74) is 1.22. The van der Waals surface area contributed by atoms with Crippen LogP contribution in [0.2, 0.25) is 0 Å². The second-order valence-electron chi connectivity index (χ2n) is 2.85. The Kier molecular flexibility index (Phi) is 2.67. The number of halogens is 1. The Hall–Kier alpha value is -0.0700. The Balaban J connectivity index is 2.08. The summed E-state index contributed by atoms with van der Waals surface area (Å²) in [6.45, 7) is 2.55. The summed E-state index contributed by atoms with van der Waals surface area (Å²) in [4.78, 5) is 3.23. The van der Waals surface area contributed by atoms with Crippen molar-refractivity contribution in [3.8, 4) is 0 Å². The lowest BCUT2D eigenvalue weighted by Crippen LogP contribution is -2.34. The van der Waals surface area contributed by atoms with Gasteiger partial charge in [0.2, 0.25) is 0 Å². The molecule has 3 nitrogen and oxygen atoms in total. The van der Waals surface area contributed by atoms with Crippen molar-refractivity contribution in [1.29, 1.82) is 0 Å². The monoisotopic (exact) mass is 278 g/mol. The van der Waals surface area contributed by atoms with Gasteiger partial charge in [0.25, 0.3) is 0 Å². The summed E-state index contributed by atoms with van der Waals surface area (Å²) in [6.07, 6.45) is 2.01. The third-order valence-electron chi connectivity index (χ3n) is 1.97. The first-order valence-electron chi connectivity index (χ1n) is 4.01. The fraction of sp³-hybridized carbons (Fsp3) is 0.500. The average molecular weight is 278 g/mol. The number of hydrogen-bond acceptors (Lipinski definition) is 2. The Morgan fingerprint density at radius 3 is 3.08 bits per heavy atom. The van der Waals surface area contributed by atoms with Crippen LogP contribution in [0.25, 0.3) is 0 Å². The highest BCUT2D eigenvalue weighted by atomic mass is 127. The highest BCUT2D eigenvalue weighted by Gasteiger charge is 2.15. The number of nitrogens with one attached hydrogen (secondary N) is 2. The van der Waals surface area contributed by atoms with Crippen molar-refractivity contribution in [2.24, 2.45) is 0 Å². The maximum Gasteiger partial charge on any atom is 0.0711 e. The number of ether oxygens (including phenoxy) is 1. The van der Waals surface area contributed by atoms with Crippen LogP contribution >= 0.6 is 22.6 Å². The molecule has 1 aliphatic heterocycles. The smallest absolute Gasteiger partial charge is 0.0711 e. The van der Waals surface area contributed by atoms with E-state index in [-0.39, 0.29) is 0 Å². The molecule has 0 spiro atoms. The molecule has 4 heteroatoms. The molecule has 1 aromatic heterocycles. The summed E-state index contributed by atoms with van der Waals surface area (Å²) in [5.74, 6) is 0. The lowest BCUT2D eigenvalue weighted by molar-refractivity contribution is 0.0758. The van der Waals surface area contributed by atoms with Gasteiger partial charge >= 0.3 is 0 Å². The van der Waals surface area contributed by atoms with Gasteiger partial charge in [0, 0.05) is 22.0 Å². The second-order valence-corrected chi connectivity index (χ2v) is 4.10. The predicted octanol–water partition coefficient (Wildman–Crippen LogP) is 1.28. The first-order chi connectivity index (χ1) is 5.86. The van der Waals surface area contributed by atoms with E-state index in [9.17, 15) is 0 Å². The number of aromatic nitrogens is 1. The Labute approximate surface area is 85.0 Å². The number of morpholine rings is 1. The van der Waals surface area contributed by atoms with Crippen LogP contribution in [0.4, 0.5) is 0 Å². The largest absolute Gasteiger partial charge is 0.378 e. The van der Waals surface area contributed by atoms with E-state index in [4.69, 9.17) is 4.74 Å². The molecule has 1 aromatic rings. The molecule has 0 amide bonds. The van der Waals surface area contributed by atoms with Gasteiger partial charge in [0.1, 0.15) is 0 Å². The third-order valence-corrected chi connectivity index (χ3v) is 2.59. The molecule has 1 aliphatic rings. The van der Waals surface area contributed by atoms with Gasteiger partial charge in [0.05, 0.1) is 19.3 Å². The van der Waals surface area contributed by atoms with Crippen LogP contribution in [0.5, 0.6) is 0 Å². The topological polar surface area (TPSA) is 37.0 Å². The van der Waals surface area contributed by atoms with Crippen molar-refractivity contribution in [3.63, 3.8) is 0 Å². The van der Waals surface area contributed by atoms with Gasteiger partial charge in [-0.3, -0.25) is 0 Å². The summed E-state index contributed by atoms with van der Waals surface area (Å²) in [6, 6.07) is 2.50. The zero-order valence-corrected chi connectivity index (χ0v) is 8.80. The molecule has 66 valence electrons. The summed E-state index contributed by atoms with van der Waals surface area (Å²) < 4.78 is 6.61. The quantitative estimate of drug-likeness (QED) is 0.759. The fourth-order valence-corrected chi connectivity index (χ4v) is 1.84. The van der Waals surface area contributed by atoms with Crippen molar-refractivity contribution in [2.75, 3.05) is 19.8 Å². The van der Waals surface area contributed by atoms with Crippen LogP contribution in [0.3, 0.4) is 0 Å². The van der Waals surface area contributed by atoms with Crippen LogP contribution in [-0.4, -0.2) is 24.7 Å². The van der Waals surface area contributed by atoms with E-state index in [1.54, 1.807) is 0 Å². The molecule has 2 heterocycles. The molecule has 12 heavy (non-hydrogen) atoms. The lowest BCUT2D eigenvalue weighted by Gasteiger charge is -2.22. The minimum Gasteiger partial charge on any atom is -0.378 e. The zero-order chi connectivity index (χ0) is 8.39. The van der Waals surface area contributed by atoms with Crippen molar-refractivity contribution in [3.05, 3.63) is 21.5 Å². The Bertz CT molecular complexity index is 255. The Morgan fingerprint density at radius 2 is 2.50 bits per heavy atom. The lowest BCUT2D eigenvalue weighted by atomic mass is 10.2. The average Bonchev–Trinajstić information content (AvgIpc) is 2.54. The van der Waals surface area contributed by atoms with E-state index in [1.807, 2.05) is 6.20 Å². The molecule has 2 N–H and O–H groups in total. The highest BCUT2D eigenvalue weighted by Crippen LogP contribution is 2.16. The molecule has 1 fully saturated rings. The normalized spacial score (nSPS) is 24.2. The fourth-order valence-electron chi connectivity index (χ4n) is 1.35. The molecular formula is C8H11IN2O. The summed E-state index contributed by atoms with van der Waals surface area (Å²) in [7, 11) is 0. The summed E-state index contributed by atoms with van der Waals surface area (Å²) >= 11 is 2.30. The molecular weight excluding hydrogens is 267 g/mol. The van der Waals surface area contributed by atoms with Crippen LogP contribution in [0.1, 0.15) is 11.7 Å². The van der Waals surface area contributed by atoms with Crippen LogP contribution in [0, 0.1) is 3.57 Å². The van der Waals surface area contributed by atoms with Gasteiger partial charge in [-0.25, -0.2) is 0 Å². The van der Waals surface area contributed by atoms with Crippen LogP contribution in [-0.2, 0) is 4.74 Å². The van der Waals surface area contributed by atoms with E-state index in [0.717, 1.165) is 19.8 Å². The van der Waals surface area contributed by atoms with E-state index >= 15 is 0 Å². The second kappa shape index (κ2) is 3.76. The molecule has 1 saturated heterocycles. The SMILES string of the molecule is Ic1c[nH]c([C@@H]2COCCN2)c1. The first-order valence-corrected chi connectivity index (χ1v) is 5.09. The van der Waals surface area contributed by atoms with Crippen molar-refractivity contribution >= 4 is 22.6 Å². The predicted molar refractivity (Wildman–Crippen MR) is 55.1 cm³/mol. The molecule has 0 aliphatic carbocycles. The van der Waals surface area contributed by atoms with Crippen LogP contribution < -0.4 is 5.32 Å². The van der Waals surface area contributed by atoms with E-state index in [1.165, 1.54) is 9.26 Å². The molecule has 0 aromatic carbocycles. The first kappa shape index (κ1) is 8.52. The Morgan fingerprint density at radius 1 is 1.58 bits per heavy atom. The molecule has 2 rings (SSSR count). The van der Waals surface area contributed by atoms with Gasteiger partial charge in [-0.05, 0) is 28.7 Å². The number of hydrogen-bond donors (Lipinski definition) is 2. The number of aromatic amines is 1. The molecule has 0 saturated carbocycles. The number of rotatable bonds is 1. The van der Waals surface area contributed by atoms with Crippen molar-refractivity contribution in [2.45, 2.75) is 6.04 Å². The van der Waals surface area contributed by atoms with Crippen molar-refractivity contribution < 1.29 is 4.74 Å². The molecule has 1 atom stereocenters. The third kappa shape index (κ3) is 1.81. The van der Waals surface area contributed by atoms with Gasteiger partial charge in [-0.1, -0.05) is 0 Å². The molecule has 0 radical (unpaired) electrons. The van der Waals surface area contributed by atoms with Gasteiger partial charge in [0.15, 0.2) is 0 Å². The van der Waals surface area contributed by atoms with E-state index in [2.05, 4.69) is 39.0 Å². The maximum absolute atomic E-state index is 5.36. The van der Waals surface area contributed by atoms with Gasteiger partial charge < -0.3 is 15.0 Å². The van der Waals surface area contributed by atoms with Crippen LogP contribution in [0.15, 0.2) is 12.3 Å². The maximum atomic E-state index is 5.36. The highest BCUT2D eigenvalue weighted by molar-refractivity contribution is 14.1. The summed E-state index contributed by atoms with van der Waals surface area (Å²) in [5, 5.41) is 3.39. The standard InChI is InChI=1S/C8H11IN2O/c9-6-3-7(11-4-6)8-5-12-2-1-10-8/h3-4,8,10-11H,1-2,5H2/t8-/m0/s1. The zero-order valence-electron chi connectivity index (χ0n) is 6.64. The number of H-pyrrole nitrogens is 1. The van der Waals surface area contributed by atoms with Crippen molar-refractivity contribution in [1.82, 2.24) is 10.3 Å². The minimum atomic E-state index is 0.349. The van der Waals surface area contributed by atoms with E-state index in [0.29, 0.717) is 6.04 Å². The van der Waals surface area contributed by atoms with E-state index < -0.39 is 0 Å². The molecule has 0 bridgehead atoms. The minimum absolute atomic E-state index is 0.349. The molecule has 0 unspecified atom stereocenters. The van der Waals surface area contributed by atoms with Gasteiger partial charge in [-0.15, -0.1) is 0 Å². The van der Waals surface area contributed by atoms with Gasteiger partial charge in [-0.2, -0.15) is 0 Å².